The van der Waals surface area contributed by atoms with Crippen LogP contribution in [0.1, 0.15) is 33.1 Å². The highest BCUT2D eigenvalue weighted by molar-refractivity contribution is 7.88. The number of nitrogen functional groups attached to an aromatic ring is 2. The van der Waals surface area contributed by atoms with Crippen LogP contribution in [0, 0.1) is 0 Å². The summed E-state index contributed by atoms with van der Waals surface area (Å²) in [5, 5.41) is 6.24. The molecule has 0 aliphatic heterocycles. The largest absolute Gasteiger partial charge is 0.396 e. The second-order valence-corrected chi connectivity index (χ2v) is 19.7. The van der Waals surface area contributed by atoms with Crippen LogP contribution in [0.5, 0.6) is 0 Å². The summed E-state index contributed by atoms with van der Waals surface area (Å²) < 4.78 is 27.9. The van der Waals surface area contributed by atoms with E-state index in [0.717, 1.165) is 67.9 Å². The van der Waals surface area contributed by atoms with Crippen molar-refractivity contribution in [1.82, 2.24) is 19.9 Å². The van der Waals surface area contributed by atoms with Crippen molar-refractivity contribution in [3.63, 3.8) is 0 Å². The summed E-state index contributed by atoms with van der Waals surface area (Å²) in [4.78, 5) is 22.0. The fraction of sp³-hybridized carbons (Fsp3) is 0.179. The highest BCUT2D eigenvalue weighted by Crippen LogP contribution is 2.46. The van der Waals surface area contributed by atoms with Gasteiger partial charge in [-0.05, 0) is 53.1 Å². The number of benzene rings is 2. The second-order valence-electron chi connectivity index (χ2n) is 12.3. The van der Waals surface area contributed by atoms with Gasteiger partial charge in [0.15, 0.2) is 10.8 Å². The lowest BCUT2D eigenvalue weighted by Crippen LogP contribution is -1.99. The van der Waals surface area contributed by atoms with E-state index in [1.54, 1.807) is 17.5 Å². The summed E-state index contributed by atoms with van der Waals surface area (Å²) >= 11 is 5.89. The van der Waals surface area contributed by atoms with Gasteiger partial charge in [-0.15, -0.1) is 45.3 Å². The first-order valence-corrected chi connectivity index (χ1v) is 23.1. The van der Waals surface area contributed by atoms with Crippen LogP contribution in [0.2, 0.25) is 0 Å². The van der Waals surface area contributed by atoms with Gasteiger partial charge in [-0.2, -0.15) is 0 Å². The maximum absolute atomic E-state index is 13.4. The molecule has 8 nitrogen and oxygen atoms in total. The molecule has 0 saturated carbocycles. The van der Waals surface area contributed by atoms with Crippen molar-refractivity contribution in [3.05, 3.63) is 83.7 Å². The lowest BCUT2D eigenvalue weighted by atomic mass is 9.98. The Bertz CT molecular complexity index is 2650. The van der Waals surface area contributed by atoms with Crippen LogP contribution in [0.3, 0.4) is 0 Å². The minimum absolute atomic E-state index is 0.474. The van der Waals surface area contributed by atoms with Crippen LogP contribution in [-0.2, 0) is 21.6 Å². The molecule has 4 N–H and O–H groups in total. The van der Waals surface area contributed by atoms with Crippen LogP contribution in [0.25, 0.3) is 75.3 Å². The SMILES string of the molecule is CCCCS(=O)c1sc2nc(-c3nccs3)nc(-c3cccc(-c4ccsc4-c4cc(-c5ccccc5)c5c(N)c(S(=O)CCC)sc5n4)c3)c2c1N. The number of aromatic nitrogens is 4. The van der Waals surface area contributed by atoms with Crippen molar-refractivity contribution in [2.75, 3.05) is 23.0 Å². The van der Waals surface area contributed by atoms with Gasteiger partial charge >= 0.3 is 0 Å². The summed E-state index contributed by atoms with van der Waals surface area (Å²) in [5.74, 6) is 1.61. The average Bonchev–Trinajstić information content (AvgIpc) is 4.01. The molecule has 0 bridgehead atoms. The van der Waals surface area contributed by atoms with Gasteiger partial charge in [0.05, 0.1) is 54.6 Å². The minimum atomic E-state index is -1.24. The number of anilines is 2. The number of fused-ring (bicyclic) bond motifs is 2. The molecule has 6 aromatic heterocycles. The Kier molecular flexibility index (Phi) is 10.3. The monoisotopic (exact) mass is 810 g/mol. The molecular formula is C39H34N6O2S6. The van der Waals surface area contributed by atoms with Gasteiger partial charge in [0, 0.05) is 39.6 Å². The van der Waals surface area contributed by atoms with Gasteiger partial charge in [-0.1, -0.05) is 68.8 Å². The summed E-state index contributed by atoms with van der Waals surface area (Å²) in [5.41, 5.74) is 20.9. The van der Waals surface area contributed by atoms with Gasteiger partial charge in [-0.3, -0.25) is 8.42 Å². The quantitative estimate of drug-likeness (QED) is 0.124. The Balaban J connectivity index is 1.28. The molecule has 0 fully saturated rings. The molecule has 0 amide bonds. The number of rotatable bonds is 12. The van der Waals surface area contributed by atoms with E-state index in [0.29, 0.717) is 58.0 Å². The van der Waals surface area contributed by atoms with E-state index in [1.807, 2.05) is 42.6 Å². The zero-order valence-electron chi connectivity index (χ0n) is 28.8. The van der Waals surface area contributed by atoms with Crippen LogP contribution < -0.4 is 11.5 Å². The van der Waals surface area contributed by atoms with Gasteiger partial charge in [0.1, 0.15) is 18.1 Å². The van der Waals surface area contributed by atoms with Crippen LogP contribution >= 0.6 is 45.3 Å². The molecule has 0 saturated heterocycles. The minimum Gasteiger partial charge on any atom is -0.396 e. The van der Waals surface area contributed by atoms with E-state index in [1.165, 1.54) is 34.0 Å². The predicted octanol–water partition coefficient (Wildman–Crippen LogP) is 10.7. The molecule has 14 heteroatoms. The molecule has 2 aromatic carbocycles. The standard InChI is InChI=1S/C39H34N6O2S6/c1-3-5-19-53(47)39-31(41)29-32(44-34(45-36(29)51-39)37-42-15-17-49-37)24-13-9-12-23(20-24)25-14-16-48-33(25)27-21-26(22-10-7-6-8-11-22)28-30(40)38(50-35(28)43-27)52(46)18-4-2/h6-17,20-21H,3-5,18-19,40-41H2,1-2H3. The predicted molar refractivity (Wildman–Crippen MR) is 228 cm³/mol. The molecular weight excluding hydrogens is 777 g/mol. The number of nitrogens with two attached hydrogens (primary N) is 2. The van der Waals surface area contributed by atoms with E-state index >= 15 is 0 Å². The van der Waals surface area contributed by atoms with Gasteiger partial charge in [0.2, 0.25) is 0 Å². The number of unbranched alkanes of at least 4 members (excludes halogenated alkanes) is 1. The van der Waals surface area contributed by atoms with Crippen molar-refractivity contribution in [2.24, 2.45) is 0 Å². The van der Waals surface area contributed by atoms with E-state index in [9.17, 15) is 8.42 Å². The molecule has 6 heterocycles. The summed E-state index contributed by atoms with van der Waals surface area (Å²) in [6, 6.07) is 22.6. The van der Waals surface area contributed by atoms with E-state index in [2.05, 4.69) is 53.7 Å². The number of nitrogens with zero attached hydrogens (tertiary/aromatic N) is 4. The van der Waals surface area contributed by atoms with Crippen molar-refractivity contribution < 1.29 is 8.42 Å². The zero-order valence-corrected chi connectivity index (χ0v) is 33.7. The topological polar surface area (TPSA) is 138 Å². The molecule has 53 heavy (non-hydrogen) atoms. The molecule has 0 spiro atoms. The van der Waals surface area contributed by atoms with Crippen LogP contribution in [0.4, 0.5) is 11.4 Å². The van der Waals surface area contributed by atoms with Gasteiger partial charge < -0.3 is 11.5 Å². The third kappa shape index (κ3) is 6.77. The highest BCUT2D eigenvalue weighted by Gasteiger charge is 2.25. The second kappa shape index (κ2) is 15.3. The van der Waals surface area contributed by atoms with Crippen molar-refractivity contribution >= 4 is 98.8 Å². The average molecular weight is 811 g/mol. The first kappa shape index (κ1) is 35.8. The number of hydrogen-bond acceptors (Lipinski definition) is 12. The third-order valence-corrected chi connectivity index (χ3v) is 16.6. The molecule has 2 atom stereocenters. The molecule has 8 aromatic rings. The molecule has 2 unspecified atom stereocenters. The maximum Gasteiger partial charge on any atom is 0.190 e. The number of hydrogen-bond donors (Lipinski definition) is 2. The van der Waals surface area contributed by atoms with Crippen molar-refractivity contribution in [3.8, 4) is 54.9 Å². The Hall–Kier alpha value is -4.18. The van der Waals surface area contributed by atoms with Crippen LogP contribution in [0.15, 0.2) is 92.1 Å². The summed E-state index contributed by atoms with van der Waals surface area (Å²) in [7, 11) is -2.44. The fourth-order valence-corrected chi connectivity index (χ4v) is 13.1. The Labute approximate surface area is 328 Å². The number of pyridine rings is 1. The smallest absolute Gasteiger partial charge is 0.190 e. The third-order valence-electron chi connectivity index (χ3n) is 8.76. The molecule has 268 valence electrons. The zero-order chi connectivity index (χ0) is 36.6. The normalized spacial score (nSPS) is 12.9. The Morgan fingerprint density at radius 3 is 2.13 bits per heavy atom. The Morgan fingerprint density at radius 1 is 0.679 bits per heavy atom. The van der Waals surface area contributed by atoms with E-state index < -0.39 is 21.6 Å². The lowest BCUT2D eigenvalue weighted by molar-refractivity contribution is 0.681. The van der Waals surface area contributed by atoms with Crippen molar-refractivity contribution in [1.29, 1.82) is 0 Å². The van der Waals surface area contributed by atoms with E-state index in [4.69, 9.17) is 26.4 Å². The Morgan fingerprint density at radius 2 is 1.40 bits per heavy atom. The van der Waals surface area contributed by atoms with Crippen molar-refractivity contribution in [2.45, 2.75) is 41.5 Å². The lowest BCUT2D eigenvalue weighted by Gasteiger charge is -2.11. The first-order chi connectivity index (χ1) is 25.9. The first-order valence-electron chi connectivity index (χ1n) is 17.1. The number of thiophene rings is 3. The summed E-state index contributed by atoms with van der Waals surface area (Å²) in [6.07, 6.45) is 4.34. The molecule has 8 rings (SSSR count). The highest BCUT2D eigenvalue weighted by atomic mass is 32.2. The van der Waals surface area contributed by atoms with Crippen LogP contribution in [-0.4, -0.2) is 39.9 Å². The molecule has 0 radical (unpaired) electrons. The van der Waals surface area contributed by atoms with Gasteiger partial charge in [0.25, 0.3) is 0 Å². The summed E-state index contributed by atoms with van der Waals surface area (Å²) in [6.45, 7) is 4.11. The van der Waals surface area contributed by atoms with Gasteiger partial charge in [-0.25, -0.2) is 19.9 Å². The fourth-order valence-electron chi connectivity index (χ4n) is 6.26. The number of thiazole rings is 1. The van der Waals surface area contributed by atoms with E-state index in [-0.39, 0.29) is 0 Å². The maximum atomic E-state index is 13.4. The molecule has 0 aliphatic carbocycles. The molecule has 0 aliphatic rings.